The molecule has 3 rings (SSSR count). The van der Waals surface area contributed by atoms with Gasteiger partial charge in [0.05, 0.1) is 0 Å². The molecule has 3 aromatic rings. The number of rotatable bonds is 5. The quantitative estimate of drug-likeness (QED) is 0.610. The molecule has 3 nitrogen and oxygen atoms in total. The van der Waals surface area contributed by atoms with Crippen LogP contribution in [-0.2, 0) is 6.42 Å². The lowest BCUT2D eigenvalue weighted by atomic mass is 10.2. The van der Waals surface area contributed by atoms with Crippen molar-refractivity contribution in [3.05, 3.63) is 65.0 Å². The molecule has 106 valence electrons. The van der Waals surface area contributed by atoms with Crippen molar-refractivity contribution < 1.29 is 4.42 Å². The summed E-state index contributed by atoms with van der Waals surface area (Å²) in [6.45, 7) is 0. The second-order valence-corrected chi connectivity index (χ2v) is 6.50. The Balaban J connectivity index is 1.57. The maximum absolute atomic E-state index is 5.68. The summed E-state index contributed by atoms with van der Waals surface area (Å²) in [7, 11) is 0. The van der Waals surface area contributed by atoms with Crippen LogP contribution >= 0.6 is 27.7 Å². The smallest absolute Gasteiger partial charge is 0.247 e. The summed E-state index contributed by atoms with van der Waals surface area (Å²) < 4.78 is 6.78. The van der Waals surface area contributed by atoms with Gasteiger partial charge in [0.15, 0.2) is 0 Å². The Kier molecular flexibility index (Phi) is 4.72. The summed E-state index contributed by atoms with van der Waals surface area (Å²) >= 11 is 5.21. The first-order valence-corrected chi connectivity index (χ1v) is 8.35. The molecule has 0 aliphatic carbocycles. The van der Waals surface area contributed by atoms with E-state index < -0.39 is 0 Å². The minimum absolute atomic E-state index is 0.583. The number of nitrogens with zero attached hydrogens (tertiary/aromatic N) is 2. The highest BCUT2D eigenvalue weighted by Crippen LogP contribution is 2.22. The standard InChI is InChI=1S/C16H13BrN2OS/c17-13-6-8-14(9-7-13)21-11-10-15-18-19-16(20-15)12-4-2-1-3-5-12/h1-9H,10-11H2. The van der Waals surface area contributed by atoms with E-state index in [0.29, 0.717) is 11.8 Å². The van der Waals surface area contributed by atoms with Gasteiger partial charge in [0.1, 0.15) is 0 Å². The van der Waals surface area contributed by atoms with E-state index in [1.54, 1.807) is 11.8 Å². The highest BCUT2D eigenvalue weighted by Gasteiger charge is 2.07. The summed E-state index contributed by atoms with van der Waals surface area (Å²) in [5, 5.41) is 8.19. The fourth-order valence-corrected chi connectivity index (χ4v) is 2.94. The van der Waals surface area contributed by atoms with Crippen molar-refractivity contribution in [2.75, 3.05) is 5.75 Å². The van der Waals surface area contributed by atoms with E-state index in [4.69, 9.17) is 4.42 Å². The summed E-state index contributed by atoms with van der Waals surface area (Å²) in [5.41, 5.74) is 0.955. The lowest BCUT2D eigenvalue weighted by Crippen LogP contribution is -1.88. The molecular weight excluding hydrogens is 348 g/mol. The molecule has 0 saturated carbocycles. The number of aryl methyl sites for hydroxylation is 1. The molecule has 0 unspecified atom stereocenters. The van der Waals surface area contributed by atoms with E-state index in [-0.39, 0.29) is 0 Å². The van der Waals surface area contributed by atoms with Crippen molar-refractivity contribution in [3.8, 4) is 11.5 Å². The Labute approximate surface area is 135 Å². The number of halogens is 1. The second kappa shape index (κ2) is 6.91. The lowest BCUT2D eigenvalue weighted by molar-refractivity contribution is 0.514. The van der Waals surface area contributed by atoms with Gasteiger partial charge in [0.2, 0.25) is 11.8 Å². The van der Waals surface area contributed by atoms with E-state index in [2.05, 4.69) is 38.3 Å². The number of hydrogen-bond donors (Lipinski definition) is 0. The molecule has 0 aliphatic rings. The van der Waals surface area contributed by atoms with Crippen molar-refractivity contribution in [1.82, 2.24) is 10.2 Å². The van der Waals surface area contributed by atoms with E-state index in [0.717, 1.165) is 22.2 Å². The minimum Gasteiger partial charge on any atom is -0.421 e. The fraction of sp³-hybridized carbons (Fsp3) is 0.125. The largest absolute Gasteiger partial charge is 0.421 e. The maximum atomic E-state index is 5.68. The zero-order chi connectivity index (χ0) is 14.5. The predicted molar refractivity (Wildman–Crippen MR) is 88.3 cm³/mol. The summed E-state index contributed by atoms with van der Waals surface area (Å²) in [6.07, 6.45) is 0.764. The molecule has 0 radical (unpaired) electrons. The van der Waals surface area contributed by atoms with Crippen molar-refractivity contribution in [3.63, 3.8) is 0 Å². The molecule has 0 N–H and O–H groups in total. The van der Waals surface area contributed by atoms with Crippen LogP contribution in [0.1, 0.15) is 5.89 Å². The monoisotopic (exact) mass is 360 g/mol. The Morgan fingerprint density at radius 3 is 2.48 bits per heavy atom. The van der Waals surface area contributed by atoms with Gasteiger partial charge in [-0.15, -0.1) is 22.0 Å². The first kappa shape index (κ1) is 14.4. The summed E-state index contributed by atoms with van der Waals surface area (Å²) in [5.74, 6) is 2.18. The van der Waals surface area contributed by atoms with E-state index in [1.807, 2.05) is 42.5 Å². The number of thioether (sulfide) groups is 1. The zero-order valence-corrected chi connectivity index (χ0v) is 13.6. The van der Waals surface area contributed by atoms with Crippen LogP contribution in [-0.4, -0.2) is 16.0 Å². The highest BCUT2D eigenvalue weighted by molar-refractivity contribution is 9.10. The predicted octanol–water partition coefficient (Wildman–Crippen LogP) is 4.83. The molecule has 0 spiro atoms. The third kappa shape index (κ3) is 3.95. The Hall–Kier alpha value is -1.59. The topological polar surface area (TPSA) is 38.9 Å². The van der Waals surface area contributed by atoms with E-state index in [9.17, 15) is 0 Å². The van der Waals surface area contributed by atoms with Gasteiger partial charge in [-0.2, -0.15) is 0 Å². The average Bonchev–Trinajstić information content (AvgIpc) is 2.99. The molecular formula is C16H13BrN2OS. The normalized spacial score (nSPS) is 10.7. The molecule has 5 heteroatoms. The average molecular weight is 361 g/mol. The molecule has 0 bridgehead atoms. The van der Waals surface area contributed by atoms with Gasteiger partial charge in [-0.1, -0.05) is 34.1 Å². The van der Waals surface area contributed by atoms with Crippen LogP contribution in [0.25, 0.3) is 11.5 Å². The van der Waals surface area contributed by atoms with Gasteiger partial charge in [-0.05, 0) is 36.4 Å². The Morgan fingerprint density at radius 1 is 0.952 bits per heavy atom. The molecule has 0 amide bonds. The molecule has 0 atom stereocenters. The third-order valence-corrected chi connectivity index (χ3v) is 4.43. The molecule has 2 aromatic carbocycles. The molecule has 1 heterocycles. The Morgan fingerprint density at radius 2 is 1.71 bits per heavy atom. The van der Waals surface area contributed by atoms with Crippen LogP contribution in [0.2, 0.25) is 0 Å². The summed E-state index contributed by atoms with van der Waals surface area (Å²) in [4.78, 5) is 1.24. The van der Waals surface area contributed by atoms with Gasteiger partial charge in [-0.3, -0.25) is 0 Å². The van der Waals surface area contributed by atoms with Crippen LogP contribution in [0.5, 0.6) is 0 Å². The maximum Gasteiger partial charge on any atom is 0.247 e. The third-order valence-electron chi connectivity index (χ3n) is 2.89. The van der Waals surface area contributed by atoms with Crippen LogP contribution < -0.4 is 0 Å². The zero-order valence-electron chi connectivity index (χ0n) is 11.2. The molecule has 0 fully saturated rings. The number of aromatic nitrogens is 2. The first-order chi connectivity index (χ1) is 10.3. The number of benzene rings is 2. The van der Waals surface area contributed by atoms with Gasteiger partial charge in [0, 0.05) is 27.1 Å². The van der Waals surface area contributed by atoms with E-state index >= 15 is 0 Å². The molecule has 21 heavy (non-hydrogen) atoms. The van der Waals surface area contributed by atoms with Gasteiger partial charge < -0.3 is 4.42 Å². The van der Waals surface area contributed by atoms with Crippen molar-refractivity contribution in [2.24, 2.45) is 0 Å². The van der Waals surface area contributed by atoms with Gasteiger partial charge in [-0.25, -0.2) is 0 Å². The minimum atomic E-state index is 0.583. The van der Waals surface area contributed by atoms with Crippen LogP contribution in [0.15, 0.2) is 68.4 Å². The van der Waals surface area contributed by atoms with Gasteiger partial charge >= 0.3 is 0 Å². The fourth-order valence-electron chi connectivity index (χ4n) is 1.84. The second-order valence-electron chi connectivity index (χ2n) is 4.42. The van der Waals surface area contributed by atoms with Crippen molar-refractivity contribution in [2.45, 2.75) is 11.3 Å². The first-order valence-electron chi connectivity index (χ1n) is 6.57. The Bertz CT molecular complexity index is 698. The SMILES string of the molecule is Brc1ccc(SCCc2nnc(-c3ccccc3)o2)cc1. The van der Waals surface area contributed by atoms with Crippen LogP contribution in [0.4, 0.5) is 0 Å². The molecule has 1 aromatic heterocycles. The van der Waals surface area contributed by atoms with Gasteiger partial charge in [0.25, 0.3) is 0 Å². The van der Waals surface area contributed by atoms with Crippen LogP contribution in [0, 0.1) is 0 Å². The summed E-state index contributed by atoms with van der Waals surface area (Å²) in [6, 6.07) is 18.1. The van der Waals surface area contributed by atoms with Crippen molar-refractivity contribution in [1.29, 1.82) is 0 Å². The molecule has 0 saturated heterocycles. The van der Waals surface area contributed by atoms with Crippen LogP contribution in [0.3, 0.4) is 0 Å². The number of hydrogen-bond acceptors (Lipinski definition) is 4. The van der Waals surface area contributed by atoms with E-state index in [1.165, 1.54) is 4.90 Å². The van der Waals surface area contributed by atoms with Crippen molar-refractivity contribution >= 4 is 27.7 Å². The molecule has 0 aliphatic heterocycles. The highest BCUT2D eigenvalue weighted by atomic mass is 79.9. The lowest BCUT2D eigenvalue weighted by Gasteiger charge is -1.99.